The van der Waals surface area contributed by atoms with E-state index in [2.05, 4.69) is 10.2 Å². The summed E-state index contributed by atoms with van der Waals surface area (Å²) in [6.45, 7) is 2.94. The van der Waals surface area contributed by atoms with Crippen LogP contribution >= 0.6 is 0 Å². The van der Waals surface area contributed by atoms with E-state index in [9.17, 15) is 14.4 Å². The van der Waals surface area contributed by atoms with Gasteiger partial charge in [0, 0.05) is 18.5 Å². The highest BCUT2D eigenvalue weighted by atomic mass is 16.5. The lowest BCUT2D eigenvalue weighted by Gasteiger charge is -2.20. The van der Waals surface area contributed by atoms with E-state index >= 15 is 0 Å². The van der Waals surface area contributed by atoms with Crippen molar-refractivity contribution in [3.8, 4) is 0 Å². The number of H-pyrrole nitrogens is 1. The third-order valence-electron chi connectivity index (χ3n) is 3.94. The lowest BCUT2D eigenvalue weighted by molar-refractivity contribution is -0.138. The third-order valence-corrected chi connectivity index (χ3v) is 3.94. The fourth-order valence-corrected chi connectivity index (χ4v) is 2.73. The predicted molar refractivity (Wildman–Crippen MR) is 83.1 cm³/mol. The van der Waals surface area contributed by atoms with Crippen LogP contribution in [0.1, 0.15) is 30.3 Å². The molecule has 1 aromatic heterocycles. The first-order valence-electron chi connectivity index (χ1n) is 7.55. The normalized spacial score (nSPS) is 15.6. The largest absolute Gasteiger partial charge is 0.448 e. The molecule has 0 spiro atoms. The molecule has 1 aliphatic rings. The molecule has 0 saturated carbocycles. The number of ether oxygens (including phenoxy) is 1. The van der Waals surface area contributed by atoms with Crippen LogP contribution in [0.15, 0.2) is 29.1 Å². The Balaban J connectivity index is 1.82. The van der Waals surface area contributed by atoms with Crippen LogP contribution in [0.5, 0.6) is 0 Å². The van der Waals surface area contributed by atoms with E-state index in [4.69, 9.17) is 4.74 Å². The van der Waals surface area contributed by atoms with E-state index in [0.717, 1.165) is 12.8 Å². The fourth-order valence-electron chi connectivity index (χ4n) is 2.73. The van der Waals surface area contributed by atoms with E-state index in [1.165, 1.54) is 0 Å². The molecule has 2 heterocycles. The molecule has 1 aromatic carbocycles. The Kier molecular flexibility index (Phi) is 4.10. The Hall–Kier alpha value is -2.70. The summed E-state index contributed by atoms with van der Waals surface area (Å²) >= 11 is 0. The summed E-state index contributed by atoms with van der Waals surface area (Å²) in [5, 5.41) is 6.82. The van der Waals surface area contributed by atoms with Crippen molar-refractivity contribution in [3.63, 3.8) is 0 Å². The zero-order valence-corrected chi connectivity index (χ0v) is 12.7. The minimum atomic E-state index is -0.881. The summed E-state index contributed by atoms with van der Waals surface area (Å²) in [6.07, 6.45) is 1.06. The Morgan fingerprint density at radius 1 is 1.22 bits per heavy atom. The number of fused-ring (bicyclic) bond motifs is 1. The second kappa shape index (κ2) is 6.20. The number of nitrogens with one attached hydrogen (secondary N) is 1. The van der Waals surface area contributed by atoms with E-state index in [-0.39, 0.29) is 17.2 Å². The smallest absolute Gasteiger partial charge is 0.360 e. The molecule has 23 heavy (non-hydrogen) atoms. The van der Waals surface area contributed by atoms with Crippen molar-refractivity contribution in [2.75, 3.05) is 13.1 Å². The van der Waals surface area contributed by atoms with Crippen LogP contribution in [0.4, 0.5) is 0 Å². The van der Waals surface area contributed by atoms with Crippen LogP contribution in [0.25, 0.3) is 10.8 Å². The van der Waals surface area contributed by atoms with Gasteiger partial charge in [0.25, 0.3) is 11.5 Å². The molecule has 120 valence electrons. The van der Waals surface area contributed by atoms with Gasteiger partial charge < -0.3 is 9.64 Å². The first kappa shape index (κ1) is 15.2. The van der Waals surface area contributed by atoms with Gasteiger partial charge in [0.1, 0.15) is 0 Å². The molecule has 2 aromatic rings. The van der Waals surface area contributed by atoms with Crippen molar-refractivity contribution in [1.82, 2.24) is 15.1 Å². The molecule has 1 amide bonds. The van der Waals surface area contributed by atoms with Gasteiger partial charge in [-0.05, 0) is 25.8 Å². The number of hydrogen-bond acceptors (Lipinski definition) is 5. The molecule has 1 saturated heterocycles. The maximum absolute atomic E-state index is 12.3. The molecule has 0 radical (unpaired) electrons. The monoisotopic (exact) mass is 315 g/mol. The lowest BCUT2D eigenvalue weighted by Crippen LogP contribution is -2.38. The molecule has 1 atom stereocenters. The number of carbonyl (C=O) groups is 2. The summed E-state index contributed by atoms with van der Waals surface area (Å²) in [5.41, 5.74) is -0.375. The first-order chi connectivity index (χ1) is 11.1. The second-order valence-electron chi connectivity index (χ2n) is 5.53. The van der Waals surface area contributed by atoms with E-state index in [1.807, 2.05) is 0 Å². The molecule has 3 rings (SSSR count). The molecule has 0 bridgehead atoms. The van der Waals surface area contributed by atoms with Gasteiger partial charge in [-0.15, -0.1) is 0 Å². The Bertz CT molecular complexity index is 808. The van der Waals surface area contributed by atoms with Gasteiger partial charge in [-0.3, -0.25) is 9.59 Å². The summed E-state index contributed by atoms with van der Waals surface area (Å²) in [5.74, 6) is -0.929. The van der Waals surface area contributed by atoms with Crippen molar-refractivity contribution in [2.24, 2.45) is 0 Å². The zero-order chi connectivity index (χ0) is 16.4. The van der Waals surface area contributed by atoms with Gasteiger partial charge in [0.05, 0.1) is 5.39 Å². The number of amides is 1. The van der Waals surface area contributed by atoms with E-state index < -0.39 is 12.1 Å². The maximum atomic E-state index is 12.3. The number of aromatic nitrogens is 2. The molecular formula is C16H17N3O4. The van der Waals surface area contributed by atoms with Crippen LogP contribution in [0.2, 0.25) is 0 Å². The molecule has 0 aliphatic carbocycles. The van der Waals surface area contributed by atoms with Gasteiger partial charge in [-0.25, -0.2) is 9.89 Å². The third kappa shape index (κ3) is 2.94. The van der Waals surface area contributed by atoms with Crippen LogP contribution in [0, 0.1) is 0 Å². The van der Waals surface area contributed by atoms with Gasteiger partial charge >= 0.3 is 5.97 Å². The summed E-state index contributed by atoms with van der Waals surface area (Å²) in [4.78, 5) is 37.9. The molecule has 1 aliphatic heterocycles. The van der Waals surface area contributed by atoms with Crippen molar-refractivity contribution in [1.29, 1.82) is 0 Å². The molecular weight excluding hydrogens is 298 g/mol. The second-order valence-corrected chi connectivity index (χ2v) is 5.53. The standard InChI is InChI=1S/C16H17N3O4/c1-10(15(21)19-8-4-5-9-19)23-16(22)13-11-6-2-3-7-12(11)14(20)18-17-13/h2-3,6-7,10H,4-5,8-9H2,1H3,(H,18,20)/t10-/m0/s1. The van der Waals surface area contributed by atoms with Gasteiger partial charge in [0.2, 0.25) is 0 Å². The van der Waals surface area contributed by atoms with E-state index in [1.54, 1.807) is 36.1 Å². The van der Waals surface area contributed by atoms with Crippen molar-refractivity contribution >= 4 is 22.6 Å². The molecule has 1 fully saturated rings. The van der Waals surface area contributed by atoms with Crippen LogP contribution in [0.3, 0.4) is 0 Å². The van der Waals surface area contributed by atoms with Crippen LogP contribution in [-0.4, -0.2) is 46.2 Å². The average Bonchev–Trinajstić information content (AvgIpc) is 3.09. The average molecular weight is 315 g/mol. The lowest BCUT2D eigenvalue weighted by atomic mass is 10.1. The summed E-state index contributed by atoms with van der Waals surface area (Å²) < 4.78 is 5.24. The number of carbonyl (C=O) groups excluding carboxylic acids is 2. The number of rotatable bonds is 3. The first-order valence-corrected chi connectivity index (χ1v) is 7.55. The van der Waals surface area contributed by atoms with Gasteiger partial charge in [0.15, 0.2) is 11.8 Å². The molecule has 7 nitrogen and oxygen atoms in total. The Morgan fingerprint density at radius 2 is 1.87 bits per heavy atom. The minimum absolute atomic E-state index is 0.00118. The SMILES string of the molecule is C[C@H](OC(=O)c1n[nH]c(=O)c2ccccc12)C(=O)N1CCCC1. The summed E-state index contributed by atoms with van der Waals surface area (Å²) in [6, 6.07) is 6.64. The number of nitrogens with zero attached hydrogens (tertiary/aromatic N) is 2. The number of hydrogen-bond donors (Lipinski definition) is 1. The highest BCUT2D eigenvalue weighted by Crippen LogP contribution is 2.15. The van der Waals surface area contributed by atoms with Crippen molar-refractivity contribution in [2.45, 2.75) is 25.9 Å². The number of esters is 1. The Labute approximate surface area is 132 Å². The molecule has 7 heteroatoms. The number of benzene rings is 1. The minimum Gasteiger partial charge on any atom is -0.448 e. The topological polar surface area (TPSA) is 92.4 Å². The quantitative estimate of drug-likeness (QED) is 0.856. The highest BCUT2D eigenvalue weighted by Gasteiger charge is 2.27. The van der Waals surface area contributed by atoms with Crippen molar-refractivity contribution < 1.29 is 14.3 Å². The summed E-state index contributed by atoms with van der Waals surface area (Å²) in [7, 11) is 0. The predicted octanol–water partition coefficient (Wildman–Crippen LogP) is 1.09. The van der Waals surface area contributed by atoms with Crippen molar-refractivity contribution in [3.05, 3.63) is 40.3 Å². The van der Waals surface area contributed by atoms with E-state index in [0.29, 0.717) is 23.9 Å². The van der Waals surface area contributed by atoms with Gasteiger partial charge in [-0.2, -0.15) is 5.10 Å². The zero-order valence-electron chi connectivity index (χ0n) is 12.7. The highest BCUT2D eigenvalue weighted by molar-refractivity contribution is 6.02. The fraction of sp³-hybridized carbons (Fsp3) is 0.375. The number of aromatic amines is 1. The molecule has 1 N–H and O–H groups in total. The molecule has 0 unspecified atom stereocenters. The Morgan fingerprint density at radius 3 is 2.57 bits per heavy atom. The van der Waals surface area contributed by atoms with Crippen LogP contribution in [-0.2, 0) is 9.53 Å². The number of likely N-dealkylation sites (tertiary alicyclic amines) is 1. The van der Waals surface area contributed by atoms with Gasteiger partial charge in [-0.1, -0.05) is 18.2 Å². The maximum Gasteiger partial charge on any atom is 0.360 e. The van der Waals surface area contributed by atoms with Crippen LogP contribution < -0.4 is 5.56 Å².